The summed E-state index contributed by atoms with van der Waals surface area (Å²) < 4.78 is 25.5. The van der Waals surface area contributed by atoms with E-state index in [1.165, 1.54) is 0 Å². The van der Waals surface area contributed by atoms with Crippen molar-refractivity contribution in [2.45, 2.75) is 32.2 Å². The minimum atomic E-state index is -3.12. The molecule has 4 nitrogen and oxygen atoms in total. The van der Waals surface area contributed by atoms with Gasteiger partial charge in [-0.05, 0) is 38.9 Å². The zero-order chi connectivity index (χ0) is 12.9. The number of sulfonamides is 1. The Kier molecular flexibility index (Phi) is 6.20. The van der Waals surface area contributed by atoms with E-state index in [9.17, 15) is 8.42 Å². The van der Waals surface area contributed by atoms with Gasteiger partial charge in [-0.15, -0.1) is 11.6 Å². The number of likely N-dealkylation sites (tertiary alicyclic amines) is 1. The fourth-order valence-electron chi connectivity index (χ4n) is 2.21. The van der Waals surface area contributed by atoms with Gasteiger partial charge in [0.05, 0.1) is 5.75 Å². The van der Waals surface area contributed by atoms with Crippen LogP contribution in [0.2, 0.25) is 0 Å². The summed E-state index contributed by atoms with van der Waals surface area (Å²) in [5.41, 5.74) is 0. The lowest BCUT2D eigenvalue weighted by Gasteiger charge is -2.35. The monoisotopic (exact) mass is 282 g/mol. The maximum Gasteiger partial charge on any atom is 0.214 e. The molecule has 0 N–H and O–H groups in total. The van der Waals surface area contributed by atoms with Crippen LogP contribution in [0.1, 0.15) is 26.2 Å². The van der Waals surface area contributed by atoms with Crippen molar-refractivity contribution in [2.75, 3.05) is 38.3 Å². The van der Waals surface area contributed by atoms with Crippen LogP contribution in [0.5, 0.6) is 0 Å². The van der Waals surface area contributed by atoms with Gasteiger partial charge in [-0.1, -0.05) is 6.92 Å². The zero-order valence-electron chi connectivity index (χ0n) is 10.7. The average molecular weight is 283 g/mol. The Labute approximate surface area is 110 Å². The van der Waals surface area contributed by atoms with E-state index in [2.05, 4.69) is 11.8 Å². The molecule has 0 atom stereocenters. The molecule has 0 unspecified atom stereocenters. The third-order valence-corrected chi connectivity index (χ3v) is 5.74. The van der Waals surface area contributed by atoms with Crippen molar-refractivity contribution >= 4 is 21.6 Å². The number of alkyl halides is 1. The minimum absolute atomic E-state index is 0.165. The summed E-state index contributed by atoms with van der Waals surface area (Å²) >= 11 is 5.55. The number of piperidine rings is 1. The molecule has 17 heavy (non-hydrogen) atoms. The van der Waals surface area contributed by atoms with Crippen molar-refractivity contribution < 1.29 is 8.42 Å². The molecule has 1 rings (SSSR count). The normalized spacial score (nSPS) is 20.0. The van der Waals surface area contributed by atoms with E-state index in [4.69, 9.17) is 11.6 Å². The van der Waals surface area contributed by atoms with E-state index in [1.54, 1.807) is 11.4 Å². The molecule has 1 saturated heterocycles. The highest BCUT2D eigenvalue weighted by Crippen LogP contribution is 2.18. The summed E-state index contributed by atoms with van der Waals surface area (Å²) in [6.45, 7) is 5.18. The van der Waals surface area contributed by atoms with Gasteiger partial charge < -0.3 is 4.90 Å². The Morgan fingerprint density at radius 3 is 2.41 bits per heavy atom. The SMILES string of the molecule is CCN1CCC(N(C)S(=O)(=O)CCCCl)CC1. The molecule has 0 aromatic rings. The van der Waals surface area contributed by atoms with Crippen molar-refractivity contribution in [3.05, 3.63) is 0 Å². The first kappa shape index (κ1) is 15.2. The van der Waals surface area contributed by atoms with Crippen LogP contribution in [0.3, 0.4) is 0 Å². The maximum absolute atomic E-state index is 12.0. The Bertz CT molecular complexity index is 313. The van der Waals surface area contributed by atoms with Crippen LogP contribution in [0.15, 0.2) is 0 Å². The van der Waals surface area contributed by atoms with Crippen LogP contribution < -0.4 is 0 Å². The lowest BCUT2D eigenvalue weighted by atomic mass is 10.1. The molecular formula is C11H23ClN2O2S. The Morgan fingerprint density at radius 1 is 1.35 bits per heavy atom. The molecule has 0 spiro atoms. The summed E-state index contributed by atoms with van der Waals surface area (Å²) in [6, 6.07) is 0.165. The van der Waals surface area contributed by atoms with E-state index in [0.29, 0.717) is 12.3 Å². The summed E-state index contributed by atoms with van der Waals surface area (Å²) in [5.74, 6) is 0.572. The van der Waals surface area contributed by atoms with Gasteiger partial charge in [-0.25, -0.2) is 12.7 Å². The van der Waals surface area contributed by atoms with Crippen molar-refractivity contribution in [2.24, 2.45) is 0 Å². The van der Waals surface area contributed by atoms with E-state index in [-0.39, 0.29) is 11.8 Å². The lowest BCUT2D eigenvalue weighted by Crippen LogP contribution is -2.46. The number of hydrogen-bond acceptors (Lipinski definition) is 3. The van der Waals surface area contributed by atoms with Gasteiger partial charge in [0.1, 0.15) is 0 Å². The van der Waals surface area contributed by atoms with Crippen molar-refractivity contribution in [1.29, 1.82) is 0 Å². The molecule has 1 fully saturated rings. The Morgan fingerprint density at radius 2 is 1.94 bits per heavy atom. The van der Waals surface area contributed by atoms with E-state index in [1.807, 2.05) is 0 Å². The molecule has 0 amide bonds. The standard InChI is InChI=1S/C11H23ClN2O2S/c1-3-14-8-5-11(6-9-14)13(2)17(15,16)10-4-7-12/h11H,3-10H2,1-2H3. The predicted molar refractivity (Wildman–Crippen MR) is 72.0 cm³/mol. The second-order valence-electron chi connectivity index (χ2n) is 4.54. The molecule has 0 aromatic carbocycles. The average Bonchev–Trinajstić information content (AvgIpc) is 2.35. The molecule has 0 bridgehead atoms. The molecule has 0 aliphatic carbocycles. The lowest BCUT2D eigenvalue weighted by molar-refractivity contribution is 0.176. The van der Waals surface area contributed by atoms with Crippen molar-refractivity contribution in [3.8, 4) is 0 Å². The van der Waals surface area contributed by atoms with Crippen molar-refractivity contribution in [3.63, 3.8) is 0 Å². The highest BCUT2D eigenvalue weighted by Gasteiger charge is 2.28. The topological polar surface area (TPSA) is 40.6 Å². The smallest absolute Gasteiger partial charge is 0.214 e. The van der Waals surface area contributed by atoms with Gasteiger partial charge in [0.15, 0.2) is 0 Å². The second-order valence-corrected chi connectivity index (χ2v) is 7.07. The highest BCUT2D eigenvalue weighted by molar-refractivity contribution is 7.89. The first-order chi connectivity index (χ1) is 8.01. The summed E-state index contributed by atoms with van der Waals surface area (Å²) in [4.78, 5) is 2.36. The first-order valence-electron chi connectivity index (χ1n) is 6.25. The molecule has 1 aliphatic rings. The van der Waals surface area contributed by atoms with Gasteiger partial charge in [0.25, 0.3) is 0 Å². The summed E-state index contributed by atoms with van der Waals surface area (Å²) in [6.07, 6.45) is 2.40. The van der Waals surface area contributed by atoms with Gasteiger partial charge in [0.2, 0.25) is 10.0 Å². The van der Waals surface area contributed by atoms with Gasteiger partial charge in [0, 0.05) is 19.0 Å². The molecule has 6 heteroatoms. The fourth-order valence-corrected chi connectivity index (χ4v) is 3.96. The first-order valence-corrected chi connectivity index (χ1v) is 8.39. The molecular weight excluding hydrogens is 260 g/mol. The van der Waals surface area contributed by atoms with Crippen LogP contribution in [0, 0.1) is 0 Å². The molecule has 0 saturated carbocycles. The highest BCUT2D eigenvalue weighted by atomic mass is 35.5. The quantitative estimate of drug-likeness (QED) is 0.691. The molecule has 1 aliphatic heterocycles. The van der Waals surface area contributed by atoms with Crippen LogP contribution in [-0.2, 0) is 10.0 Å². The van der Waals surface area contributed by atoms with Crippen molar-refractivity contribution in [1.82, 2.24) is 9.21 Å². The molecule has 0 radical (unpaired) electrons. The second kappa shape index (κ2) is 6.92. The minimum Gasteiger partial charge on any atom is -0.303 e. The van der Waals surface area contributed by atoms with Gasteiger partial charge in [-0.3, -0.25) is 0 Å². The predicted octanol–water partition coefficient (Wildman–Crippen LogP) is 1.36. The third-order valence-electron chi connectivity index (χ3n) is 3.49. The van der Waals surface area contributed by atoms with Crippen LogP contribution in [0.4, 0.5) is 0 Å². The number of halogens is 1. The maximum atomic E-state index is 12.0. The Hall–Kier alpha value is 0.160. The van der Waals surface area contributed by atoms with E-state index in [0.717, 1.165) is 32.5 Å². The number of nitrogens with zero attached hydrogens (tertiary/aromatic N) is 2. The molecule has 1 heterocycles. The third kappa shape index (κ3) is 4.39. The summed E-state index contributed by atoms with van der Waals surface area (Å²) in [5, 5.41) is 0. The van der Waals surface area contributed by atoms with Gasteiger partial charge >= 0.3 is 0 Å². The van der Waals surface area contributed by atoms with Crippen LogP contribution in [-0.4, -0.2) is 62.0 Å². The van der Waals surface area contributed by atoms with E-state index >= 15 is 0 Å². The largest absolute Gasteiger partial charge is 0.303 e. The zero-order valence-corrected chi connectivity index (χ0v) is 12.3. The van der Waals surface area contributed by atoms with Crippen LogP contribution >= 0.6 is 11.6 Å². The Balaban J connectivity index is 2.50. The van der Waals surface area contributed by atoms with Gasteiger partial charge in [-0.2, -0.15) is 0 Å². The molecule has 0 aromatic heterocycles. The fraction of sp³-hybridized carbons (Fsp3) is 1.00. The number of hydrogen-bond donors (Lipinski definition) is 0. The van der Waals surface area contributed by atoms with Crippen LogP contribution in [0.25, 0.3) is 0 Å². The number of rotatable bonds is 6. The summed E-state index contributed by atoms with van der Waals surface area (Å²) in [7, 11) is -1.41. The molecule has 102 valence electrons. The van der Waals surface area contributed by atoms with E-state index < -0.39 is 10.0 Å².